The van der Waals surface area contributed by atoms with Crippen molar-refractivity contribution in [3.8, 4) is 0 Å². The second-order valence-electron chi connectivity index (χ2n) is 6.84. The number of rotatable bonds is 5. The van der Waals surface area contributed by atoms with E-state index in [4.69, 9.17) is 11.6 Å². The van der Waals surface area contributed by atoms with Crippen molar-refractivity contribution < 1.29 is 9.59 Å². The van der Waals surface area contributed by atoms with Crippen LogP contribution in [0.4, 0.5) is 10.5 Å². The molecule has 3 amide bonds. The number of likely N-dealkylation sites (tertiary alicyclic amines) is 1. The van der Waals surface area contributed by atoms with E-state index in [1.54, 1.807) is 12.1 Å². The minimum atomic E-state index is -0.274. The Morgan fingerprint density at radius 3 is 2.70 bits per heavy atom. The largest absolute Gasteiger partial charge is 0.338 e. The summed E-state index contributed by atoms with van der Waals surface area (Å²) in [7, 11) is 0. The Bertz CT molecular complexity index is 807. The lowest BCUT2D eigenvalue weighted by atomic mass is 10.1. The lowest BCUT2D eigenvalue weighted by Gasteiger charge is -2.26. The van der Waals surface area contributed by atoms with E-state index in [0.717, 1.165) is 30.5 Å². The number of hydrogen-bond donors (Lipinski definition) is 2. The van der Waals surface area contributed by atoms with Crippen LogP contribution in [-0.4, -0.2) is 23.4 Å². The van der Waals surface area contributed by atoms with E-state index in [0.29, 0.717) is 23.7 Å². The third kappa shape index (κ3) is 5.47. The molecular weight excluding hydrogens is 362 g/mol. The summed E-state index contributed by atoms with van der Waals surface area (Å²) in [6.07, 6.45) is 2.65. The molecule has 2 N–H and O–H groups in total. The number of piperidine rings is 1. The topological polar surface area (TPSA) is 61.4 Å². The molecule has 1 heterocycles. The highest BCUT2D eigenvalue weighted by Gasteiger charge is 2.18. The van der Waals surface area contributed by atoms with Crippen molar-refractivity contribution in [3.05, 3.63) is 64.7 Å². The summed E-state index contributed by atoms with van der Waals surface area (Å²) in [4.78, 5) is 26.2. The highest BCUT2D eigenvalue weighted by atomic mass is 35.5. The summed E-state index contributed by atoms with van der Waals surface area (Å²) in [5, 5.41) is 6.44. The van der Waals surface area contributed by atoms with Gasteiger partial charge in [-0.2, -0.15) is 0 Å². The van der Waals surface area contributed by atoms with Crippen LogP contribution in [0.5, 0.6) is 0 Å². The fourth-order valence-corrected chi connectivity index (χ4v) is 3.32. The third-order valence-corrected chi connectivity index (χ3v) is 4.95. The summed E-state index contributed by atoms with van der Waals surface area (Å²) in [6, 6.07) is 14.6. The average molecular weight is 386 g/mol. The zero-order valence-corrected chi connectivity index (χ0v) is 16.1. The quantitative estimate of drug-likeness (QED) is 0.781. The van der Waals surface area contributed by atoms with Gasteiger partial charge in [-0.05, 0) is 55.2 Å². The Morgan fingerprint density at radius 1 is 1.19 bits per heavy atom. The van der Waals surface area contributed by atoms with Crippen LogP contribution in [0, 0.1) is 0 Å². The van der Waals surface area contributed by atoms with E-state index in [9.17, 15) is 9.59 Å². The number of amides is 3. The smallest absolute Gasteiger partial charge is 0.319 e. The molecule has 1 aliphatic heterocycles. The van der Waals surface area contributed by atoms with Crippen molar-refractivity contribution in [2.45, 2.75) is 38.8 Å². The van der Waals surface area contributed by atoms with Crippen LogP contribution >= 0.6 is 11.6 Å². The van der Waals surface area contributed by atoms with E-state index < -0.39 is 0 Å². The molecule has 142 valence electrons. The maximum Gasteiger partial charge on any atom is 0.319 e. The lowest BCUT2D eigenvalue weighted by Crippen LogP contribution is -2.34. The number of nitrogens with zero attached hydrogens (tertiary/aromatic N) is 1. The maximum absolute atomic E-state index is 12.3. The van der Waals surface area contributed by atoms with E-state index in [2.05, 4.69) is 10.6 Å². The highest BCUT2D eigenvalue weighted by molar-refractivity contribution is 6.30. The van der Waals surface area contributed by atoms with Gasteiger partial charge in [0.15, 0.2) is 0 Å². The molecule has 1 saturated heterocycles. The number of carbonyl (C=O) groups is 2. The Morgan fingerprint density at radius 2 is 1.96 bits per heavy atom. The summed E-state index contributed by atoms with van der Waals surface area (Å²) >= 11 is 5.90. The lowest BCUT2D eigenvalue weighted by molar-refractivity contribution is -0.133. The second-order valence-corrected chi connectivity index (χ2v) is 7.28. The van der Waals surface area contributed by atoms with Crippen LogP contribution in [0.1, 0.15) is 43.4 Å². The van der Waals surface area contributed by atoms with Crippen LogP contribution in [0.3, 0.4) is 0 Å². The molecule has 6 heteroatoms. The van der Waals surface area contributed by atoms with Gasteiger partial charge in [0.2, 0.25) is 5.91 Å². The monoisotopic (exact) mass is 385 g/mol. The zero-order chi connectivity index (χ0) is 19.2. The fourth-order valence-electron chi connectivity index (χ4n) is 3.20. The molecule has 1 atom stereocenters. The SMILES string of the molecule is CC(NC(=O)Nc1cccc(CN2CCCCC2=O)c1)c1ccc(Cl)cc1. The number of benzene rings is 2. The molecule has 0 aromatic heterocycles. The molecule has 3 rings (SSSR count). The third-order valence-electron chi connectivity index (χ3n) is 4.70. The fraction of sp³-hybridized carbons (Fsp3) is 0.333. The number of anilines is 1. The predicted molar refractivity (Wildman–Crippen MR) is 108 cm³/mol. The van der Waals surface area contributed by atoms with Crippen LogP contribution in [-0.2, 0) is 11.3 Å². The standard InChI is InChI=1S/C21H24ClN3O2/c1-15(17-8-10-18(22)11-9-17)23-21(27)24-19-6-4-5-16(13-19)14-25-12-3-2-7-20(25)26/h4-6,8-11,13,15H,2-3,7,12,14H2,1H3,(H2,23,24,27). The van der Waals surface area contributed by atoms with Crippen molar-refractivity contribution in [3.63, 3.8) is 0 Å². The highest BCUT2D eigenvalue weighted by Crippen LogP contribution is 2.18. The van der Waals surface area contributed by atoms with Crippen molar-refractivity contribution in [1.82, 2.24) is 10.2 Å². The Kier molecular flexibility index (Phi) is 6.35. The molecule has 0 aliphatic carbocycles. The first-order valence-corrected chi connectivity index (χ1v) is 9.59. The molecule has 1 fully saturated rings. The van der Waals surface area contributed by atoms with Crippen LogP contribution in [0.25, 0.3) is 0 Å². The van der Waals surface area contributed by atoms with Crippen LogP contribution in [0.15, 0.2) is 48.5 Å². The first-order chi connectivity index (χ1) is 13.0. The summed E-state index contributed by atoms with van der Waals surface area (Å²) < 4.78 is 0. The predicted octanol–water partition coefficient (Wildman–Crippen LogP) is 4.74. The zero-order valence-electron chi connectivity index (χ0n) is 15.4. The normalized spacial score (nSPS) is 15.3. The van der Waals surface area contributed by atoms with E-state index in [1.165, 1.54) is 0 Å². The molecule has 0 bridgehead atoms. The molecule has 27 heavy (non-hydrogen) atoms. The second kappa shape index (κ2) is 8.91. The van der Waals surface area contributed by atoms with Crippen molar-refractivity contribution >= 4 is 29.2 Å². The van der Waals surface area contributed by atoms with E-state index in [1.807, 2.05) is 48.2 Å². The number of nitrogens with one attached hydrogen (secondary N) is 2. The van der Waals surface area contributed by atoms with Crippen molar-refractivity contribution in [1.29, 1.82) is 0 Å². The van der Waals surface area contributed by atoms with Crippen LogP contribution in [0.2, 0.25) is 5.02 Å². The van der Waals surface area contributed by atoms with Gasteiger partial charge in [-0.3, -0.25) is 4.79 Å². The number of halogens is 1. The first-order valence-electron chi connectivity index (χ1n) is 9.21. The molecule has 2 aromatic carbocycles. The van der Waals surface area contributed by atoms with Gasteiger partial charge in [-0.25, -0.2) is 4.79 Å². The molecule has 0 radical (unpaired) electrons. The Hall–Kier alpha value is -2.53. The summed E-state index contributed by atoms with van der Waals surface area (Å²) in [5.41, 5.74) is 2.69. The van der Waals surface area contributed by atoms with Gasteiger partial charge >= 0.3 is 6.03 Å². The molecule has 0 saturated carbocycles. The molecular formula is C21H24ClN3O2. The Labute approximate surface area is 164 Å². The van der Waals surface area contributed by atoms with E-state index in [-0.39, 0.29) is 18.0 Å². The first kappa shape index (κ1) is 19.2. The van der Waals surface area contributed by atoms with Crippen molar-refractivity contribution in [2.75, 3.05) is 11.9 Å². The van der Waals surface area contributed by atoms with Gasteiger partial charge in [-0.15, -0.1) is 0 Å². The van der Waals surface area contributed by atoms with Gasteiger partial charge in [-0.1, -0.05) is 35.9 Å². The molecule has 1 aliphatic rings. The molecule has 5 nitrogen and oxygen atoms in total. The summed E-state index contributed by atoms with van der Waals surface area (Å²) in [5.74, 6) is 0.203. The molecule has 2 aromatic rings. The molecule has 1 unspecified atom stereocenters. The Balaban J connectivity index is 1.57. The molecule has 0 spiro atoms. The van der Waals surface area contributed by atoms with Crippen LogP contribution < -0.4 is 10.6 Å². The number of hydrogen-bond acceptors (Lipinski definition) is 2. The number of carbonyl (C=O) groups excluding carboxylic acids is 2. The average Bonchev–Trinajstić information content (AvgIpc) is 2.64. The van der Waals surface area contributed by atoms with E-state index >= 15 is 0 Å². The minimum Gasteiger partial charge on any atom is -0.338 e. The van der Waals surface area contributed by atoms with Gasteiger partial charge in [0, 0.05) is 30.2 Å². The van der Waals surface area contributed by atoms with Gasteiger partial charge in [0.25, 0.3) is 0 Å². The number of urea groups is 1. The maximum atomic E-state index is 12.3. The minimum absolute atomic E-state index is 0.142. The van der Waals surface area contributed by atoms with Crippen molar-refractivity contribution in [2.24, 2.45) is 0 Å². The van der Waals surface area contributed by atoms with Gasteiger partial charge < -0.3 is 15.5 Å². The summed E-state index contributed by atoms with van der Waals surface area (Å²) in [6.45, 7) is 3.30. The van der Waals surface area contributed by atoms with Gasteiger partial charge in [0.05, 0.1) is 6.04 Å². The van der Waals surface area contributed by atoms with Gasteiger partial charge in [0.1, 0.15) is 0 Å².